The Balaban J connectivity index is 1.24. The number of anilines is 2. The number of carboxylic acids is 1. The first-order valence-corrected chi connectivity index (χ1v) is 16.9. The van der Waals surface area contributed by atoms with Crippen LogP contribution in [0, 0.1) is 17.3 Å². The quantitative estimate of drug-likeness (QED) is 0.255. The summed E-state index contributed by atoms with van der Waals surface area (Å²) < 4.78 is 1.97. The molecule has 0 atom stereocenters. The zero-order valence-electron chi connectivity index (χ0n) is 27.4. The Labute approximate surface area is 267 Å². The van der Waals surface area contributed by atoms with Crippen LogP contribution in [0.2, 0.25) is 0 Å². The van der Waals surface area contributed by atoms with E-state index in [1.807, 2.05) is 29.9 Å². The first-order valence-electron chi connectivity index (χ1n) is 16.9. The average Bonchev–Trinajstić information content (AvgIpc) is 3.56. The third-order valence-corrected chi connectivity index (χ3v) is 11.3. The number of carbonyl (C=O) groups is 2. The summed E-state index contributed by atoms with van der Waals surface area (Å²) in [6.07, 6.45) is 16.2. The molecule has 2 bridgehead atoms. The van der Waals surface area contributed by atoms with Crippen LogP contribution in [0.25, 0.3) is 11.1 Å². The smallest absolute Gasteiger partial charge is 0.303 e. The van der Waals surface area contributed by atoms with Crippen LogP contribution in [0.3, 0.4) is 0 Å². The van der Waals surface area contributed by atoms with E-state index in [0.29, 0.717) is 0 Å². The summed E-state index contributed by atoms with van der Waals surface area (Å²) in [6.45, 7) is 4.98. The largest absolute Gasteiger partial charge is 0.481 e. The van der Waals surface area contributed by atoms with Gasteiger partial charge in [-0.15, -0.1) is 0 Å². The molecule has 1 amide bonds. The van der Waals surface area contributed by atoms with E-state index in [-0.39, 0.29) is 41.0 Å². The molecule has 2 aromatic heterocycles. The lowest BCUT2D eigenvalue weighted by atomic mass is 9.52. The predicted molar refractivity (Wildman–Crippen MR) is 178 cm³/mol. The van der Waals surface area contributed by atoms with Gasteiger partial charge in [-0.1, -0.05) is 18.2 Å². The van der Waals surface area contributed by atoms with Crippen LogP contribution in [0.5, 0.6) is 0 Å². The zero-order valence-corrected chi connectivity index (χ0v) is 27.4. The fourth-order valence-corrected chi connectivity index (χ4v) is 8.23. The number of carboxylic acid groups (broad SMARTS) is 1. The maximum atomic E-state index is 14.5. The molecular weight excluding hydrogens is 562 g/mol. The van der Waals surface area contributed by atoms with Crippen LogP contribution in [0.4, 0.5) is 11.5 Å². The van der Waals surface area contributed by atoms with Crippen LogP contribution in [0.15, 0.2) is 55.0 Å². The Hall–Kier alpha value is -3.68. The number of nitrogens with zero attached hydrogens (tertiary/aromatic N) is 5. The fraction of sp³-hybridized carbons (Fsp3) is 0.568. The van der Waals surface area contributed by atoms with Gasteiger partial charge in [-0.2, -0.15) is 5.10 Å². The van der Waals surface area contributed by atoms with E-state index in [9.17, 15) is 14.7 Å². The Morgan fingerprint density at radius 3 is 2.24 bits per heavy atom. The van der Waals surface area contributed by atoms with Crippen molar-refractivity contribution in [3.05, 3.63) is 60.6 Å². The first-order chi connectivity index (χ1) is 21.6. The molecule has 4 aliphatic rings. The number of fused-ring (bicyclic) bond motifs is 3. The molecule has 0 aliphatic heterocycles. The minimum atomic E-state index is -0.738. The molecule has 0 radical (unpaired) electrons. The molecule has 4 saturated carbocycles. The summed E-state index contributed by atoms with van der Waals surface area (Å²) in [6, 6.07) is 13.1. The van der Waals surface area contributed by atoms with Crippen molar-refractivity contribution >= 4 is 23.4 Å². The van der Waals surface area contributed by atoms with Crippen LogP contribution in [0.1, 0.15) is 96.1 Å². The molecule has 1 N–H and O–H groups in total. The van der Waals surface area contributed by atoms with Crippen molar-refractivity contribution in [2.45, 2.75) is 95.9 Å². The number of carbonyl (C=O) groups excluding carboxylic acids is 1. The Morgan fingerprint density at radius 2 is 1.67 bits per heavy atom. The Morgan fingerprint density at radius 1 is 0.956 bits per heavy atom. The van der Waals surface area contributed by atoms with Gasteiger partial charge in [0.05, 0.1) is 6.20 Å². The number of hydrogen-bond donors (Lipinski definition) is 1. The van der Waals surface area contributed by atoms with Crippen molar-refractivity contribution in [3.8, 4) is 11.1 Å². The molecule has 8 heteroatoms. The number of rotatable bonds is 10. The first kappa shape index (κ1) is 31.3. The lowest BCUT2D eigenvalue weighted by molar-refractivity contribution is -0.138. The standard InChI is InChI=1S/C37H49N5O3/c1-26(2)42-24-30(22-39-42)29-6-5-7-32(21-29)41(35(45)28-10-8-27(9-11-28)20-34(43)44)25-36-14-17-37(18-15-36,19-16-36)31-12-13-33(38-23-31)40(3)4/h5-7,12-13,21-24,26-28H,8-11,14-20,25H2,1-4H3,(H,43,44). The lowest BCUT2D eigenvalue weighted by Gasteiger charge is -2.55. The topological polar surface area (TPSA) is 91.6 Å². The third kappa shape index (κ3) is 6.52. The highest BCUT2D eigenvalue weighted by Crippen LogP contribution is 2.58. The summed E-state index contributed by atoms with van der Waals surface area (Å²) in [5.41, 5.74) is 4.74. The van der Waals surface area contributed by atoms with E-state index in [4.69, 9.17) is 4.98 Å². The molecule has 45 heavy (non-hydrogen) atoms. The lowest BCUT2D eigenvalue weighted by Crippen LogP contribution is -2.51. The maximum Gasteiger partial charge on any atom is 0.303 e. The second kappa shape index (κ2) is 12.6. The number of benzene rings is 1. The average molecular weight is 612 g/mol. The summed E-state index contributed by atoms with van der Waals surface area (Å²) in [7, 11) is 4.05. The van der Waals surface area contributed by atoms with Crippen LogP contribution < -0.4 is 9.80 Å². The SMILES string of the molecule is CC(C)n1cc(-c2cccc(N(CC34CCC(c5ccc(N(C)C)nc5)(CC3)CC4)C(=O)C3CCC(CC(=O)O)CC3)c2)cn1. The molecule has 0 saturated heterocycles. The fourth-order valence-electron chi connectivity index (χ4n) is 8.23. The number of aromatic nitrogens is 3. The molecule has 0 unspecified atom stereocenters. The summed E-state index contributed by atoms with van der Waals surface area (Å²) in [4.78, 5) is 34.7. The van der Waals surface area contributed by atoms with Crippen LogP contribution in [-0.2, 0) is 15.0 Å². The van der Waals surface area contributed by atoms with Crippen molar-refractivity contribution < 1.29 is 14.7 Å². The van der Waals surface area contributed by atoms with Crippen molar-refractivity contribution in [2.75, 3.05) is 30.4 Å². The number of hydrogen-bond acceptors (Lipinski definition) is 5. The number of aliphatic carboxylic acids is 1. The third-order valence-electron chi connectivity index (χ3n) is 11.3. The monoisotopic (exact) mass is 611 g/mol. The van der Waals surface area contributed by atoms with E-state index in [2.05, 4.69) is 72.6 Å². The molecule has 7 rings (SSSR count). The van der Waals surface area contributed by atoms with Gasteiger partial charge in [0.1, 0.15) is 5.82 Å². The highest BCUT2D eigenvalue weighted by atomic mass is 16.4. The summed E-state index contributed by atoms with van der Waals surface area (Å²) in [5, 5.41) is 13.9. The number of pyridine rings is 1. The minimum absolute atomic E-state index is 0.0636. The number of amides is 1. The van der Waals surface area contributed by atoms with E-state index >= 15 is 0 Å². The molecule has 2 heterocycles. The van der Waals surface area contributed by atoms with Gasteiger partial charge in [0.25, 0.3) is 0 Å². The second-order valence-electron chi connectivity index (χ2n) is 14.7. The van der Waals surface area contributed by atoms with E-state index in [0.717, 1.165) is 93.4 Å². The van der Waals surface area contributed by atoms with Crippen molar-refractivity contribution in [1.82, 2.24) is 14.8 Å². The van der Waals surface area contributed by atoms with Gasteiger partial charge < -0.3 is 14.9 Å². The highest BCUT2D eigenvalue weighted by molar-refractivity contribution is 5.96. The van der Waals surface area contributed by atoms with Gasteiger partial charge in [0.2, 0.25) is 5.91 Å². The van der Waals surface area contributed by atoms with Gasteiger partial charge in [-0.25, -0.2) is 4.98 Å². The predicted octanol–water partition coefficient (Wildman–Crippen LogP) is 7.50. The highest BCUT2D eigenvalue weighted by Gasteiger charge is 2.50. The van der Waals surface area contributed by atoms with E-state index < -0.39 is 5.97 Å². The molecule has 1 aromatic carbocycles. The molecule has 8 nitrogen and oxygen atoms in total. The normalized spacial score (nSPS) is 26.2. The molecule has 0 spiro atoms. The minimum Gasteiger partial charge on any atom is -0.481 e. The van der Waals surface area contributed by atoms with E-state index in [1.165, 1.54) is 5.56 Å². The van der Waals surface area contributed by atoms with Gasteiger partial charge in [-0.3, -0.25) is 14.3 Å². The molecule has 3 aromatic rings. The summed E-state index contributed by atoms with van der Waals surface area (Å²) >= 11 is 0. The van der Waals surface area contributed by atoms with Gasteiger partial charge >= 0.3 is 5.97 Å². The molecule has 4 fully saturated rings. The summed E-state index contributed by atoms with van der Waals surface area (Å²) in [5.74, 6) is 0.565. The van der Waals surface area contributed by atoms with Crippen LogP contribution >= 0.6 is 0 Å². The van der Waals surface area contributed by atoms with Crippen molar-refractivity contribution in [3.63, 3.8) is 0 Å². The Kier molecular flexibility index (Phi) is 8.77. The molecule has 4 aliphatic carbocycles. The van der Waals surface area contributed by atoms with Gasteiger partial charge in [-0.05, 0) is 124 Å². The van der Waals surface area contributed by atoms with Crippen LogP contribution in [-0.4, -0.2) is 52.4 Å². The van der Waals surface area contributed by atoms with Gasteiger partial charge in [0, 0.05) is 62.7 Å². The van der Waals surface area contributed by atoms with Gasteiger partial charge in [0.15, 0.2) is 0 Å². The molecule has 240 valence electrons. The van der Waals surface area contributed by atoms with E-state index in [1.54, 1.807) is 0 Å². The maximum absolute atomic E-state index is 14.5. The molecular formula is C37H49N5O3. The van der Waals surface area contributed by atoms with Crippen molar-refractivity contribution in [2.24, 2.45) is 17.3 Å². The zero-order chi connectivity index (χ0) is 31.8. The Bertz CT molecular complexity index is 1480. The van der Waals surface area contributed by atoms with Crippen molar-refractivity contribution in [1.29, 1.82) is 0 Å². The second-order valence-corrected chi connectivity index (χ2v) is 14.7.